The summed E-state index contributed by atoms with van der Waals surface area (Å²) in [6.07, 6.45) is 0.858. The fourth-order valence-corrected chi connectivity index (χ4v) is 1.06. The highest BCUT2D eigenvalue weighted by Gasteiger charge is 2.25. The van der Waals surface area contributed by atoms with E-state index in [0.29, 0.717) is 25.4 Å². The fourth-order valence-electron chi connectivity index (χ4n) is 1.06. The summed E-state index contributed by atoms with van der Waals surface area (Å²) in [5, 5.41) is 5.45. The van der Waals surface area contributed by atoms with Crippen molar-refractivity contribution in [2.75, 3.05) is 13.1 Å². The van der Waals surface area contributed by atoms with Gasteiger partial charge in [0.15, 0.2) is 0 Å². The SMILES string of the molecule is CCC(C)(N)C(=O)NCCC(=O)NCC(C)C. The Morgan fingerprint density at radius 1 is 1.29 bits per heavy atom. The van der Waals surface area contributed by atoms with Gasteiger partial charge in [0.05, 0.1) is 5.54 Å². The Morgan fingerprint density at radius 2 is 1.88 bits per heavy atom. The van der Waals surface area contributed by atoms with Crippen LogP contribution >= 0.6 is 0 Å². The molecule has 1 atom stereocenters. The highest BCUT2D eigenvalue weighted by molar-refractivity contribution is 5.86. The molecule has 5 heteroatoms. The van der Waals surface area contributed by atoms with Crippen LogP contribution in [0.3, 0.4) is 0 Å². The van der Waals surface area contributed by atoms with E-state index in [1.54, 1.807) is 6.92 Å². The first-order valence-corrected chi connectivity index (χ1v) is 6.13. The van der Waals surface area contributed by atoms with Crippen molar-refractivity contribution < 1.29 is 9.59 Å². The van der Waals surface area contributed by atoms with E-state index < -0.39 is 5.54 Å². The number of nitrogens with one attached hydrogen (secondary N) is 2. The minimum atomic E-state index is -0.853. The molecule has 0 heterocycles. The molecule has 0 aromatic rings. The topological polar surface area (TPSA) is 84.2 Å². The van der Waals surface area contributed by atoms with Gasteiger partial charge in [-0.2, -0.15) is 0 Å². The van der Waals surface area contributed by atoms with E-state index in [1.807, 2.05) is 20.8 Å². The van der Waals surface area contributed by atoms with Gasteiger partial charge < -0.3 is 16.4 Å². The predicted molar refractivity (Wildman–Crippen MR) is 68.4 cm³/mol. The summed E-state index contributed by atoms with van der Waals surface area (Å²) in [5.41, 5.74) is 4.91. The Hall–Kier alpha value is -1.10. The van der Waals surface area contributed by atoms with Crippen molar-refractivity contribution in [1.82, 2.24) is 10.6 Å². The molecule has 0 radical (unpaired) electrons. The molecular formula is C12H25N3O2. The monoisotopic (exact) mass is 243 g/mol. The number of hydrogen-bond acceptors (Lipinski definition) is 3. The normalized spacial score (nSPS) is 14.2. The summed E-state index contributed by atoms with van der Waals surface area (Å²) in [4.78, 5) is 22.9. The molecule has 0 spiro atoms. The van der Waals surface area contributed by atoms with Gasteiger partial charge in [-0.1, -0.05) is 20.8 Å². The Balaban J connectivity index is 3.77. The van der Waals surface area contributed by atoms with Crippen LogP contribution in [0.2, 0.25) is 0 Å². The van der Waals surface area contributed by atoms with Crippen LogP contribution < -0.4 is 16.4 Å². The minimum absolute atomic E-state index is 0.0470. The molecule has 0 aliphatic carbocycles. The molecule has 0 aliphatic rings. The summed E-state index contributed by atoms with van der Waals surface area (Å²) >= 11 is 0. The molecule has 0 aromatic carbocycles. The molecule has 5 nitrogen and oxygen atoms in total. The minimum Gasteiger partial charge on any atom is -0.356 e. The zero-order chi connectivity index (χ0) is 13.5. The third kappa shape index (κ3) is 6.94. The zero-order valence-corrected chi connectivity index (χ0v) is 11.3. The van der Waals surface area contributed by atoms with E-state index in [2.05, 4.69) is 10.6 Å². The summed E-state index contributed by atoms with van der Waals surface area (Å²) in [5.74, 6) is 0.173. The van der Waals surface area contributed by atoms with Crippen molar-refractivity contribution >= 4 is 11.8 Å². The molecular weight excluding hydrogens is 218 g/mol. The van der Waals surface area contributed by atoms with E-state index in [4.69, 9.17) is 5.73 Å². The fraction of sp³-hybridized carbons (Fsp3) is 0.833. The lowest BCUT2D eigenvalue weighted by Gasteiger charge is -2.21. The predicted octanol–water partition coefficient (Wildman–Crippen LogP) is 0.392. The molecule has 0 aromatic heterocycles. The van der Waals surface area contributed by atoms with Crippen LogP contribution in [-0.4, -0.2) is 30.4 Å². The van der Waals surface area contributed by atoms with Gasteiger partial charge in [0, 0.05) is 19.5 Å². The van der Waals surface area contributed by atoms with Crippen LogP contribution in [0.5, 0.6) is 0 Å². The van der Waals surface area contributed by atoms with Crippen LogP contribution in [0, 0.1) is 5.92 Å². The molecule has 0 bridgehead atoms. The first-order valence-electron chi connectivity index (χ1n) is 6.13. The number of amides is 2. The van der Waals surface area contributed by atoms with Gasteiger partial charge in [0.25, 0.3) is 0 Å². The quantitative estimate of drug-likeness (QED) is 0.605. The second-order valence-electron chi connectivity index (χ2n) is 4.97. The number of rotatable bonds is 7. The van der Waals surface area contributed by atoms with Crippen molar-refractivity contribution in [3.05, 3.63) is 0 Å². The third-order valence-electron chi connectivity index (χ3n) is 2.60. The maximum atomic E-state index is 11.6. The van der Waals surface area contributed by atoms with Gasteiger partial charge in [0.1, 0.15) is 0 Å². The Morgan fingerprint density at radius 3 is 2.35 bits per heavy atom. The molecule has 0 saturated carbocycles. The number of carbonyl (C=O) groups excluding carboxylic acids is 2. The summed E-state index contributed by atoms with van der Waals surface area (Å²) in [6, 6.07) is 0. The van der Waals surface area contributed by atoms with Crippen LogP contribution in [0.15, 0.2) is 0 Å². The Labute approximate surface area is 104 Å². The van der Waals surface area contributed by atoms with Crippen LogP contribution in [0.4, 0.5) is 0 Å². The van der Waals surface area contributed by atoms with Gasteiger partial charge in [0.2, 0.25) is 11.8 Å². The number of hydrogen-bond donors (Lipinski definition) is 3. The van der Waals surface area contributed by atoms with E-state index in [9.17, 15) is 9.59 Å². The van der Waals surface area contributed by atoms with Crippen molar-refractivity contribution in [2.24, 2.45) is 11.7 Å². The zero-order valence-electron chi connectivity index (χ0n) is 11.3. The molecule has 17 heavy (non-hydrogen) atoms. The smallest absolute Gasteiger partial charge is 0.239 e. The summed E-state index contributed by atoms with van der Waals surface area (Å²) < 4.78 is 0. The first kappa shape index (κ1) is 15.9. The Bertz CT molecular complexity index is 262. The lowest BCUT2D eigenvalue weighted by Crippen LogP contribution is -2.51. The molecule has 100 valence electrons. The molecule has 0 saturated heterocycles. The second kappa shape index (κ2) is 7.27. The van der Waals surface area contributed by atoms with Gasteiger partial charge in [-0.05, 0) is 19.3 Å². The average molecular weight is 243 g/mol. The number of nitrogens with two attached hydrogens (primary N) is 1. The highest BCUT2D eigenvalue weighted by Crippen LogP contribution is 2.03. The first-order chi connectivity index (χ1) is 7.79. The highest BCUT2D eigenvalue weighted by atomic mass is 16.2. The standard InChI is InChI=1S/C12H25N3O2/c1-5-12(4,13)11(17)14-7-6-10(16)15-8-9(2)3/h9H,5-8,13H2,1-4H3,(H,14,17)(H,15,16). The molecule has 0 fully saturated rings. The molecule has 0 aliphatic heterocycles. The summed E-state index contributed by atoms with van der Waals surface area (Å²) in [7, 11) is 0. The second-order valence-corrected chi connectivity index (χ2v) is 4.97. The number of carbonyl (C=O) groups is 2. The molecule has 1 unspecified atom stereocenters. The lowest BCUT2D eigenvalue weighted by molar-refractivity contribution is -0.126. The van der Waals surface area contributed by atoms with Gasteiger partial charge in [-0.25, -0.2) is 0 Å². The molecule has 4 N–H and O–H groups in total. The van der Waals surface area contributed by atoms with E-state index in [0.717, 1.165) is 0 Å². The largest absolute Gasteiger partial charge is 0.356 e. The lowest BCUT2D eigenvalue weighted by atomic mass is 9.99. The van der Waals surface area contributed by atoms with Crippen molar-refractivity contribution in [3.8, 4) is 0 Å². The Kier molecular flexibility index (Phi) is 6.80. The van der Waals surface area contributed by atoms with E-state index in [1.165, 1.54) is 0 Å². The van der Waals surface area contributed by atoms with E-state index in [-0.39, 0.29) is 18.2 Å². The van der Waals surface area contributed by atoms with Gasteiger partial charge in [-0.3, -0.25) is 9.59 Å². The maximum absolute atomic E-state index is 11.6. The third-order valence-corrected chi connectivity index (χ3v) is 2.60. The van der Waals surface area contributed by atoms with E-state index >= 15 is 0 Å². The van der Waals surface area contributed by atoms with Gasteiger partial charge >= 0.3 is 0 Å². The van der Waals surface area contributed by atoms with Crippen LogP contribution in [0.1, 0.15) is 40.5 Å². The maximum Gasteiger partial charge on any atom is 0.239 e. The van der Waals surface area contributed by atoms with Crippen LogP contribution in [-0.2, 0) is 9.59 Å². The average Bonchev–Trinajstić information content (AvgIpc) is 2.26. The summed E-state index contributed by atoms with van der Waals surface area (Å²) in [6.45, 7) is 8.59. The van der Waals surface area contributed by atoms with Crippen LogP contribution in [0.25, 0.3) is 0 Å². The molecule has 2 amide bonds. The van der Waals surface area contributed by atoms with Crippen molar-refractivity contribution in [2.45, 2.75) is 46.1 Å². The van der Waals surface area contributed by atoms with Crippen molar-refractivity contribution in [3.63, 3.8) is 0 Å². The van der Waals surface area contributed by atoms with Crippen molar-refractivity contribution in [1.29, 1.82) is 0 Å². The molecule has 0 rings (SSSR count). The van der Waals surface area contributed by atoms with Gasteiger partial charge in [-0.15, -0.1) is 0 Å².